The molecule has 0 unspecified atom stereocenters. The van der Waals surface area contributed by atoms with Gasteiger partial charge in [-0.1, -0.05) is 27.7 Å². The van der Waals surface area contributed by atoms with Crippen molar-refractivity contribution in [3.8, 4) is 5.75 Å². The van der Waals surface area contributed by atoms with E-state index in [1.54, 1.807) is 12.1 Å². The van der Waals surface area contributed by atoms with Crippen LogP contribution in [0.15, 0.2) is 24.3 Å². The predicted molar refractivity (Wildman–Crippen MR) is 105 cm³/mol. The largest absolute Gasteiger partial charge is 0.494 e. The van der Waals surface area contributed by atoms with E-state index in [4.69, 9.17) is 15.2 Å². The van der Waals surface area contributed by atoms with E-state index in [1.165, 1.54) is 0 Å². The Morgan fingerprint density at radius 1 is 1.07 bits per heavy atom. The van der Waals surface area contributed by atoms with Crippen LogP contribution >= 0.6 is 0 Å². The zero-order valence-corrected chi connectivity index (χ0v) is 16.8. The second-order valence-corrected chi connectivity index (χ2v) is 8.66. The first kappa shape index (κ1) is 21.2. The second kappa shape index (κ2) is 8.74. The van der Waals surface area contributed by atoms with E-state index < -0.39 is 5.91 Å². The third-order valence-corrected chi connectivity index (χ3v) is 5.06. The molecule has 0 bridgehead atoms. The van der Waals surface area contributed by atoms with Crippen molar-refractivity contribution in [1.29, 1.82) is 0 Å². The molecule has 1 aromatic rings. The van der Waals surface area contributed by atoms with Gasteiger partial charge in [0.1, 0.15) is 12.4 Å². The number of primary amides is 1. The molecule has 2 rings (SSSR count). The zero-order chi connectivity index (χ0) is 20.1. The molecule has 1 fully saturated rings. The van der Waals surface area contributed by atoms with Crippen molar-refractivity contribution in [2.75, 3.05) is 19.8 Å². The van der Waals surface area contributed by atoms with Gasteiger partial charge in [-0.2, -0.15) is 0 Å². The lowest BCUT2D eigenvalue weighted by atomic mass is 9.52. The maximum atomic E-state index is 12.5. The van der Waals surface area contributed by atoms with Crippen molar-refractivity contribution in [1.82, 2.24) is 5.32 Å². The number of nitrogens with two attached hydrogens (primary N) is 1. The smallest absolute Gasteiger partial charge is 0.251 e. The van der Waals surface area contributed by atoms with E-state index >= 15 is 0 Å². The number of hydrogen-bond acceptors (Lipinski definition) is 4. The molecule has 1 aliphatic carbocycles. The van der Waals surface area contributed by atoms with E-state index in [2.05, 4.69) is 33.0 Å². The molecule has 0 aliphatic heterocycles. The van der Waals surface area contributed by atoms with Crippen LogP contribution in [-0.2, 0) is 9.53 Å². The van der Waals surface area contributed by atoms with Gasteiger partial charge < -0.3 is 20.5 Å². The first-order valence-corrected chi connectivity index (χ1v) is 9.52. The van der Waals surface area contributed by atoms with Gasteiger partial charge in [0.25, 0.3) is 5.91 Å². The lowest BCUT2D eigenvalue weighted by Crippen LogP contribution is -2.63. The monoisotopic (exact) mass is 376 g/mol. The van der Waals surface area contributed by atoms with E-state index in [9.17, 15) is 9.59 Å². The second-order valence-electron chi connectivity index (χ2n) is 8.66. The van der Waals surface area contributed by atoms with Gasteiger partial charge in [0.05, 0.1) is 6.61 Å². The van der Waals surface area contributed by atoms with E-state index in [1.807, 2.05) is 12.1 Å². The van der Waals surface area contributed by atoms with E-state index in [0.717, 1.165) is 25.0 Å². The molecule has 0 aromatic heterocycles. The number of hydrogen-bond donors (Lipinski definition) is 2. The fraction of sp³-hybridized carbons (Fsp3) is 0.619. The third-order valence-electron chi connectivity index (χ3n) is 5.06. The molecule has 0 heterocycles. The zero-order valence-electron chi connectivity index (χ0n) is 16.8. The molecule has 6 nitrogen and oxygen atoms in total. The maximum absolute atomic E-state index is 12.5. The molecule has 0 radical (unpaired) electrons. The Kier molecular flexibility index (Phi) is 6.87. The predicted octanol–water partition coefficient (Wildman–Crippen LogP) is 2.90. The highest BCUT2D eigenvalue weighted by Crippen LogP contribution is 2.53. The number of rotatable bonds is 10. The van der Waals surface area contributed by atoms with E-state index in [0.29, 0.717) is 18.8 Å². The van der Waals surface area contributed by atoms with Crippen molar-refractivity contribution in [3.05, 3.63) is 29.8 Å². The summed E-state index contributed by atoms with van der Waals surface area (Å²) in [6.45, 7) is 9.77. The highest BCUT2D eigenvalue weighted by molar-refractivity contribution is 5.94. The summed E-state index contributed by atoms with van der Waals surface area (Å²) >= 11 is 0. The van der Waals surface area contributed by atoms with Crippen molar-refractivity contribution >= 4 is 11.8 Å². The summed E-state index contributed by atoms with van der Waals surface area (Å²) < 4.78 is 10.8. The fourth-order valence-corrected chi connectivity index (χ4v) is 4.28. The van der Waals surface area contributed by atoms with Crippen LogP contribution in [0.4, 0.5) is 0 Å². The Balaban J connectivity index is 1.73. The van der Waals surface area contributed by atoms with Gasteiger partial charge in [0, 0.05) is 18.2 Å². The molecule has 0 spiro atoms. The van der Waals surface area contributed by atoms with Crippen LogP contribution in [0.25, 0.3) is 0 Å². The Hall–Kier alpha value is -2.08. The quantitative estimate of drug-likeness (QED) is 0.614. The molecular formula is C21H32N2O4. The summed E-state index contributed by atoms with van der Waals surface area (Å²) in [6, 6.07) is 7.38. The van der Waals surface area contributed by atoms with Crippen LogP contribution in [0, 0.1) is 10.8 Å². The molecule has 2 amide bonds. The van der Waals surface area contributed by atoms with Gasteiger partial charge in [-0.05, 0) is 54.4 Å². The first-order chi connectivity index (χ1) is 12.6. The van der Waals surface area contributed by atoms with Crippen LogP contribution < -0.4 is 15.8 Å². The Morgan fingerprint density at radius 3 is 2.22 bits per heavy atom. The topological polar surface area (TPSA) is 90.7 Å². The van der Waals surface area contributed by atoms with Crippen LogP contribution in [0.5, 0.6) is 5.75 Å². The Morgan fingerprint density at radius 2 is 1.67 bits per heavy atom. The first-order valence-electron chi connectivity index (χ1n) is 9.52. The summed E-state index contributed by atoms with van der Waals surface area (Å²) in [5.41, 5.74) is 5.89. The minimum Gasteiger partial charge on any atom is -0.494 e. The fourth-order valence-electron chi connectivity index (χ4n) is 4.28. The molecule has 27 heavy (non-hydrogen) atoms. The molecule has 3 N–H and O–H groups in total. The molecule has 1 aromatic carbocycles. The van der Waals surface area contributed by atoms with Gasteiger partial charge in [-0.15, -0.1) is 0 Å². The molecule has 0 saturated heterocycles. The van der Waals surface area contributed by atoms with Crippen molar-refractivity contribution in [3.63, 3.8) is 0 Å². The number of benzene rings is 1. The molecule has 1 saturated carbocycles. The van der Waals surface area contributed by atoms with Gasteiger partial charge in [0.2, 0.25) is 5.91 Å². The number of carbonyl (C=O) groups excluding carboxylic acids is 2. The standard InChI is InChI=1S/C21H32N2O4/c1-20(2)14-21(3,4)19(20)23-18(25)15-7-9-16(10-8-15)27-12-6-5-11-26-13-17(22)24/h7-10,19H,5-6,11-14H2,1-4H3,(H2,22,24)(H,23,25). The Bertz CT molecular complexity index is 639. The summed E-state index contributed by atoms with van der Waals surface area (Å²) in [4.78, 5) is 23.1. The van der Waals surface area contributed by atoms with Crippen molar-refractivity contribution < 1.29 is 19.1 Å². The van der Waals surface area contributed by atoms with Crippen LogP contribution in [0.1, 0.15) is 57.3 Å². The molecule has 6 heteroatoms. The maximum Gasteiger partial charge on any atom is 0.251 e. The number of unbranched alkanes of at least 4 members (excludes halogenated alkanes) is 1. The lowest BCUT2D eigenvalue weighted by Gasteiger charge is -2.57. The van der Waals surface area contributed by atoms with E-state index in [-0.39, 0.29) is 29.4 Å². The minimum absolute atomic E-state index is 0.0421. The average molecular weight is 376 g/mol. The van der Waals surface area contributed by atoms with Gasteiger partial charge in [0.15, 0.2) is 0 Å². The normalized spacial score (nSPS) is 17.8. The number of ether oxygens (including phenoxy) is 2. The molecule has 1 aliphatic rings. The molecule has 150 valence electrons. The average Bonchev–Trinajstić information content (AvgIpc) is 2.58. The summed E-state index contributed by atoms with van der Waals surface area (Å²) in [5, 5.41) is 3.19. The van der Waals surface area contributed by atoms with Gasteiger partial charge in [-0.3, -0.25) is 9.59 Å². The number of amides is 2. The van der Waals surface area contributed by atoms with Crippen LogP contribution in [-0.4, -0.2) is 37.7 Å². The number of nitrogens with one attached hydrogen (secondary N) is 1. The third kappa shape index (κ3) is 5.96. The summed E-state index contributed by atoms with van der Waals surface area (Å²) in [6.07, 6.45) is 2.71. The minimum atomic E-state index is -0.459. The molecular weight excluding hydrogens is 344 g/mol. The highest BCUT2D eigenvalue weighted by atomic mass is 16.5. The lowest BCUT2D eigenvalue weighted by molar-refractivity contribution is -0.122. The van der Waals surface area contributed by atoms with Crippen molar-refractivity contribution in [2.45, 2.75) is 53.0 Å². The summed E-state index contributed by atoms with van der Waals surface area (Å²) in [7, 11) is 0. The van der Waals surface area contributed by atoms with Gasteiger partial charge >= 0.3 is 0 Å². The van der Waals surface area contributed by atoms with Gasteiger partial charge in [-0.25, -0.2) is 0 Å². The number of carbonyl (C=O) groups is 2. The van der Waals surface area contributed by atoms with Crippen LogP contribution in [0.3, 0.4) is 0 Å². The molecule has 0 atom stereocenters. The SMILES string of the molecule is CC1(C)CC(C)(C)C1NC(=O)c1ccc(OCCCCOCC(N)=O)cc1. The van der Waals surface area contributed by atoms with Crippen LogP contribution in [0.2, 0.25) is 0 Å². The highest BCUT2D eigenvalue weighted by Gasteiger charge is 2.53. The Labute approximate surface area is 161 Å². The van der Waals surface area contributed by atoms with Crippen molar-refractivity contribution in [2.24, 2.45) is 16.6 Å². The summed E-state index contributed by atoms with van der Waals surface area (Å²) in [5.74, 6) is 0.229.